The summed E-state index contributed by atoms with van der Waals surface area (Å²) in [5.41, 5.74) is 0.464. The molecular weight excluding hydrogens is 289 g/mol. The summed E-state index contributed by atoms with van der Waals surface area (Å²) >= 11 is 5.58. The Morgan fingerprint density at radius 2 is 2.10 bits per heavy atom. The van der Waals surface area contributed by atoms with Crippen molar-refractivity contribution in [3.05, 3.63) is 40.2 Å². The molecule has 1 aliphatic rings. The third-order valence-corrected chi connectivity index (χ3v) is 3.08. The molecule has 1 heterocycles. The number of rotatable bonds is 3. The molecule has 0 radical (unpaired) electrons. The molecule has 0 unspecified atom stereocenters. The number of amides is 1. The van der Waals surface area contributed by atoms with Crippen molar-refractivity contribution in [3.8, 4) is 0 Å². The average molecular weight is 298 g/mol. The van der Waals surface area contributed by atoms with Crippen LogP contribution in [0.2, 0.25) is 5.02 Å². The monoisotopic (exact) mass is 297 g/mol. The molecule has 1 aliphatic heterocycles. The second kappa shape index (κ2) is 5.05. The number of hydrogen-bond donors (Lipinski definition) is 1. The number of carbonyl (C=O) groups is 3. The van der Waals surface area contributed by atoms with Crippen molar-refractivity contribution < 1.29 is 23.9 Å². The van der Waals surface area contributed by atoms with E-state index >= 15 is 0 Å². The fraction of sp³-hybridized carbons (Fsp3) is 0.154. The maximum absolute atomic E-state index is 13.5. The third-order valence-electron chi connectivity index (χ3n) is 2.79. The first-order chi connectivity index (χ1) is 9.31. The zero-order chi connectivity index (χ0) is 15.0. The Balaban J connectivity index is 2.43. The topological polar surface area (TPSA) is 74.7 Å². The molecule has 0 aromatic heterocycles. The Labute approximate surface area is 118 Å². The molecule has 0 aliphatic carbocycles. The van der Waals surface area contributed by atoms with Gasteiger partial charge < -0.3 is 10.0 Å². The van der Waals surface area contributed by atoms with Gasteiger partial charge in [0.25, 0.3) is 11.7 Å². The molecule has 0 saturated carbocycles. The van der Waals surface area contributed by atoms with Gasteiger partial charge in [-0.05, 0) is 24.6 Å². The number of ketones is 1. The predicted octanol–water partition coefficient (Wildman–Crippen LogP) is 2.04. The standard InChI is InChI=1S/C13H9ClFNO4/c1-6(2-11(17)18)5-16-10-4-9(15)8(14)3-7(10)12(19)13(16)20/h2-4H,5H2,1H3,(H,17,18). The fourth-order valence-electron chi connectivity index (χ4n) is 1.95. The molecule has 1 amide bonds. The highest BCUT2D eigenvalue weighted by Crippen LogP contribution is 2.33. The third kappa shape index (κ3) is 2.42. The quantitative estimate of drug-likeness (QED) is 0.684. The summed E-state index contributed by atoms with van der Waals surface area (Å²) in [6.07, 6.45) is 0.919. The number of benzene rings is 1. The van der Waals surface area contributed by atoms with Gasteiger partial charge in [-0.15, -0.1) is 0 Å². The molecule has 0 spiro atoms. The average Bonchev–Trinajstić information content (AvgIpc) is 2.55. The molecule has 5 nitrogen and oxygen atoms in total. The van der Waals surface area contributed by atoms with Gasteiger partial charge in [-0.25, -0.2) is 9.18 Å². The molecule has 0 saturated heterocycles. The van der Waals surface area contributed by atoms with E-state index in [0.29, 0.717) is 5.57 Å². The molecule has 0 atom stereocenters. The van der Waals surface area contributed by atoms with Crippen LogP contribution in [0.25, 0.3) is 0 Å². The van der Waals surface area contributed by atoms with Crippen molar-refractivity contribution in [1.29, 1.82) is 0 Å². The lowest BCUT2D eigenvalue weighted by molar-refractivity contribution is -0.131. The Bertz CT molecular complexity index is 669. The number of aliphatic carboxylic acids is 1. The van der Waals surface area contributed by atoms with Crippen LogP contribution in [0, 0.1) is 5.82 Å². The van der Waals surface area contributed by atoms with Crippen LogP contribution in [0.5, 0.6) is 0 Å². The van der Waals surface area contributed by atoms with Gasteiger partial charge in [0.1, 0.15) is 5.82 Å². The summed E-state index contributed by atoms with van der Waals surface area (Å²) in [7, 11) is 0. The van der Waals surface area contributed by atoms with Gasteiger partial charge in [-0.1, -0.05) is 11.6 Å². The van der Waals surface area contributed by atoms with Crippen molar-refractivity contribution in [2.24, 2.45) is 0 Å². The zero-order valence-corrected chi connectivity index (χ0v) is 11.1. The van der Waals surface area contributed by atoms with Gasteiger partial charge in [-0.2, -0.15) is 0 Å². The van der Waals surface area contributed by atoms with Crippen molar-refractivity contribution in [2.75, 3.05) is 11.4 Å². The SMILES string of the molecule is CC(=CC(=O)O)CN1C(=O)C(=O)c2cc(Cl)c(F)cc21. The van der Waals surface area contributed by atoms with E-state index < -0.39 is 23.5 Å². The highest BCUT2D eigenvalue weighted by molar-refractivity contribution is 6.52. The van der Waals surface area contributed by atoms with Gasteiger partial charge in [0.15, 0.2) is 0 Å². The maximum Gasteiger partial charge on any atom is 0.328 e. The summed E-state index contributed by atoms with van der Waals surface area (Å²) in [5.74, 6) is -3.54. The van der Waals surface area contributed by atoms with Crippen LogP contribution in [0.1, 0.15) is 17.3 Å². The van der Waals surface area contributed by atoms with Crippen LogP contribution in [0.15, 0.2) is 23.8 Å². The normalized spacial score (nSPS) is 14.8. The predicted molar refractivity (Wildman–Crippen MR) is 69.5 cm³/mol. The van der Waals surface area contributed by atoms with E-state index in [9.17, 15) is 18.8 Å². The van der Waals surface area contributed by atoms with E-state index in [0.717, 1.165) is 23.1 Å². The first kappa shape index (κ1) is 14.2. The number of anilines is 1. The molecule has 1 aromatic carbocycles. The van der Waals surface area contributed by atoms with Crippen LogP contribution in [-0.2, 0) is 9.59 Å². The van der Waals surface area contributed by atoms with E-state index in [1.165, 1.54) is 6.92 Å². The van der Waals surface area contributed by atoms with Crippen molar-refractivity contribution in [1.82, 2.24) is 0 Å². The number of halogens is 2. The van der Waals surface area contributed by atoms with E-state index in [1.54, 1.807) is 0 Å². The summed E-state index contributed by atoms with van der Waals surface area (Å²) in [6.45, 7) is 1.39. The number of carboxylic acid groups (broad SMARTS) is 1. The van der Waals surface area contributed by atoms with E-state index in [-0.39, 0.29) is 22.8 Å². The highest BCUT2D eigenvalue weighted by atomic mass is 35.5. The number of hydrogen-bond acceptors (Lipinski definition) is 3. The summed E-state index contributed by atoms with van der Waals surface area (Å²) in [6, 6.07) is 2.09. The summed E-state index contributed by atoms with van der Waals surface area (Å²) < 4.78 is 13.5. The lowest BCUT2D eigenvalue weighted by Gasteiger charge is -2.16. The Hall–Kier alpha value is -2.21. The van der Waals surface area contributed by atoms with Gasteiger partial charge in [0, 0.05) is 12.6 Å². The van der Waals surface area contributed by atoms with Crippen LogP contribution in [0.4, 0.5) is 10.1 Å². The van der Waals surface area contributed by atoms with Crippen LogP contribution in [-0.4, -0.2) is 29.3 Å². The molecule has 2 rings (SSSR count). The van der Waals surface area contributed by atoms with Crippen LogP contribution >= 0.6 is 11.6 Å². The van der Waals surface area contributed by atoms with Crippen LogP contribution < -0.4 is 4.90 Å². The molecule has 1 aromatic rings. The van der Waals surface area contributed by atoms with Gasteiger partial charge in [0.2, 0.25) is 0 Å². The Kier molecular flexibility index (Phi) is 3.59. The maximum atomic E-state index is 13.5. The van der Waals surface area contributed by atoms with Gasteiger partial charge in [-0.3, -0.25) is 9.59 Å². The first-order valence-electron chi connectivity index (χ1n) is 5.56. The zero-order valence-electron chi connectivity index (χ0n) is 10.3. The van der Waals surface area contributed by atoms with E-state index in [4.69, 9.17) is 16.7 Å². The number of Topliss-reactive ketones (excluding diaryl/α,β-unsaturated/α-hetero) is 1. The Morgan fingerprint density at radius 1 is 1.45 bits per heavy atom. The van der Waals surface area contributed by atoms with Gasteiger partial charge in [0.05, 0.1) is 16.3 Å². The van der Waals surface area contributed by atoms with Crippen LogP contribution in [0.3, 0.4) is 0 Å². The second-order valence-electron chi connectivity index (χ2n) is 4.33. The summed E-state index contributed by atoms with van der Waals surface area (Å²) in [5, 5.41) is 8.38. The minimum absolute atomic E-state index is 0.0181. The van der Waals surface area contributed by atoms with Crippen molar-refractivity contribution >= 4 is 34.9 Å². The molecule has 0 bridgehead atoms. The van der Waals surface area contributed by atoms with Crippen molar-refractivity contribution in [2.45, 2.75) is 6.92 Å². The van der Waals surface area contributed by atoms with E-state index in [2.05, 4.69) is 0 Å². The molecule has 20 heavy (non-hydrogen) atoms. The molecule has 104 valence electrons. The van der Waals surface area contributed by atoms with Crippen molar-refractivity contribution in [3.63, 3.8) is 0 Å². The fourth-order valence-corrected chi connectivity index (χ4v) is 2.12. The highest BCUT2D eigenvalue weighted by Gasteiger charge is 2.36. The molecular formula is C13H9ClFNO4. The Morgan fingerprint density at radius 3 is 2.70 bits per heavy atom. The minimum Gasteiger partial charge on any atom is -0.478 e. The lowest BCUT2D eigenvalue weighted by atomic mass is 10.1. The van der Waals surface area contributed by atoms with E-state index in [1.807, 2.05) is 0 Å². The molecule has 1 N–H and O–H groups in total. The number of carbonyl (C=O) groups excluding carboxylic acids is 2. The molecule has 0 fully saturated rings. The van der Waals surface area contributed by atoms with Gasteiger partial charge >= 0.3 is 5.97 Å². The smallest absolute Gasteiger partial charge is 0.328 e. The number of nitrogens with zero attached hydrogens (tertiary/aromatic N) is 1. The second-order valence-corrected chi connectivity index (χ2v) is 4.74. The first-order valence-corrected chi connectivity index (χ1v) is 5.94. The lowest BCUT2D eigenvalue weighted by Crippen LogP contribution is -2.31. The minimum atomic E-state index is -1.16. The largest absolute Gasteiger partial charge is 0.478 e. The number of fused-ring (bicyclic) bond motifs is 1. The molecule has 7 heteroatoms. The summed E-state index contributed by atoms with van der Waals surface area (Å²) in [4.78, 5) is 35.2. The number of carboxylic acids is 1.